The molecule has 0 saturated heterocycles. The minimum absolute atomic E-state index is 0.171. The number of hydrogen-bond donors (Lipinski definition) is 0. The van der Waals surface area contributed by atoms with Gasteiger partial charge in [-0.3, -0.25) is 9.59 Å². The summed E-state index contributed by atoms with van der Waals surface area (Å²) >= 11 is 0. The summed E-state index contributed by atoms with van der Waals surface area (Å²) in [6, 6.07) is 23.3. The molecule has 136 valence electrons. The standard InChI is InChI=1S/C24H22O3/c25-22(20-13-12-18-8-4-5-9-19(18)16-20)17-27-23(26)24(14-6-7-15-24)21-10-2-1-3-11-21/h1-5,8-13,16H,6-7,14-15,17H2. The average Bonchev–Trinajstić information content (AvgIpc) is 3.23. The molecule has 0 unspecified atom stereocenters. The number of ether oxygens (including phenoxy) is 1. The molecule has 3 aromatic rings. The van der Waals surface area contributed by atoms with Crippen LogP contribution < -0.4 is 0 Å². The predicted molar refractivity (Wildman–Crippen MR) is 106 cm³/mol. The third kappa shape index (κ3) is 3.37. The van der Waals surface area contributed by atoms with Gasteiger partial charge in [0, 0.05) is 5.56 Å². The minimum Gasteiger partial charge on any atom is -0.457 e. The van der Waals surface area contributed by atoms with Gasteiger partial charge in [-0.15, -0.1) is 0 Å². The summed E-state index contributed by atoms with van der Waals surface area (Å²) in [5, 5.41) is 2.09. The van der Waals surface area contributed by atoms with Crippen LogP contribution in [0.2, 0.25) is 0 Å². The van der Waals surface area contributed by atoms with Crippen molar-refractivity contribution in [2.24, 2.45) is 0 Å². The van der Waals surface area contributed by atoms with Crippen LogP contribution in [0, 0.1) is 0 Å². The zero-order valence-corrected chi connectivity index (χ0v) is 15.2. The smallest absolute Gasteiger partial charge is 0.317 e. The Kier molecular flexibility index (Phi) is 4.76. The van der Waals surface area contributed by atoms with Crippen LogP contribution in [0.15, 0.2) is 72.8 Å². The molecule has 0 bridgehead atoms. The lowest BCUT2D eigenvalue weighted by Crippen LogP contribution is -2.35. The van der Waals surface area contributed by atoms with Gasteiger partial charge in [-0.25, -0.2) is 0 Å². The van der Waals surface area contributed by atoms with E-state index < -0.39 is 5.41 Å². The molecular weight excluding hydrogens is 336 g/mol. The average molecular weight is 358 g/mol. The van der Waals surface area contributed by atoms with Crippen LogP contribution in [0.5, 0.6) is 0 Å². The van der Waals surface area contributed by atoms with Gasteiger partial charge in [-0.05, 0) is 35.2 Å². The first kappa shape index (κ1) is 17.5. The molecule has 0 N–H and O–H groups in total. The summed E-state index contributed by atoms with van der Waals surface area (Å²) in [4.78, 5) is 25.5. The van der Waals surface area contributed by atoms with E-state index in [-0.39, 0.29) is 18.4 Å². The van der Waals surface area contributed by atoms with Gasteiger partial charge in [-0.2, -0.15) is 0 Å². The highest BCUT2D eigenvalue weighted by Crippen LogP contribution is 2.42. The van der Waals surface area contributed by atoms with Crippen LogP contribution in [0.1, 0.15) is 41.6 Å². The molecule has 27 heavy (non-hydrogen) atoms. The Hall–Kier alpha value is -2.94. The van der Waals surface area contributed by atoms with Crippen molar-refractivity contribution in [3.8, 4) is 0 Å². The SMILES string of the molecule is O=C(COC(=O)C1(c2ccccc2)CCCC1)c1ccc2ccccc2c1. The fraction of sp³-hybridized carbons (Fsp3) is 0.250. The number of benzene rings is 3. The van der Waals surface area contributed by atoms with E-state index in [1.165, 1.54) is 0 Å². The summed E-state index contributed by atoms with van der Waals surface area (Å²) in [7, 11) is 0. The largest absolute Gasteiger partial charge is 0.457 e. The Bertz CT molecular complexity index is 969. The van der Waals surface area contributed by atoms with Crippen LogP contribution in [0.3, 0.4) is 0 Å². The van der Waals surface area contributed by atoms with Crippen molar-refractivity contribution in [1.29, 1.82) is 0 Å². The Morgan fingerprint density at radius 2 is 1.48 bits per heavy atom. The fourth-order valence-corrected chi connectivity index (χ4v) is 4.06. The van der Waals surface area contributed by atoms with Crippen molar-refractivity contribution in [2.45, 2.75) is 31.1 Å². The fourth-order valence-electron chi connectivity index (χ4n) is 4.06. The van der Waals surface area contributed by atoms with Gasteiger partial charge in [0.05, 0.1) is 5.41 Å². The van der Waals surface area contributed by atoms with Crippen LogP contribution in [-0.4, -0.2) is 18.4 Å². The van der Waals surface area contributed by atoms with Gasteiger partial charge in [0.1, 0.15) is 0 Å². The van der Waals surface area contributed by atoms with Gasteiger partial charge in [0.15, 0.2) is 12.4 Å². The summed E-state index contributed by atoms with van der Waals surface area (Å²) in [5.74, 6) is -0.448. The van der Waals surface area contributed by atoms with E-state index in [9.17, 15) is 9.59 Å². The molecule has 0 spiro atoms. The number of Topliss-reactive ketones (excluding diaryl/α,β-unsaturated/α-hetero) is 1. The van der Waals surface area contributed by atoms with Gasteiger partial charge in [0.2, 0.25) is 0 Å². The second-order valence-electron chi connectivity index (χ2n) is 7.22. The first-order valence-corrected chi connectivity index (χ1v) is 9.44. The molecule has 4 rings (SSSR count). The van der Waals surface area contributed by atoms with Gasteiger partial charge < -0.3 is 4.74 Å². The van der Waals surface area contributed by atoms with Crippen LogP contribution in [0.4, 0.5) is 0 Å². The predicted octanol–water partition coefficient (Wildman–Crippen LogP) is 5.08. The molecule has 0 heterocycles. The second-order valence-corrected chi connectivity index (χ2v) is 7.22. The van der Waals surface area contributed by atoms with Crippen molar-refractivity contribution in [3.05, 3.63) is 83.9 Å². The molecule has 3 nitrogen and oxygen atoms in total. The molecule has 0 aliphatic heterocycles. The first-order chi connectivity index (χ1) is 13.2. The number of carbonyl (C=O) groups is 2. The monoisotopic (exact) mass is 358 g/mol. The Labute approximate surface area is 159 Å². The summed E-state index contributed by atoms with van der Waals surface area (Å²) in [6.07, 6.45) is 3.56. The van der Waals surface area contributed by atoms with E-state index >= 15 is 0 Å². The zero-order chi connectivity index (χ0) is 18.7. The van der Waals surface area contributed by atoms with E-state index in [0.717, 1.165) is 42.0 Å². The van der Waals surface area contributed by atoms with E-state index in [0.29, 0.717) is 5.56 Å². The maximum atomic E-state index is 12.9. The molecule has 1 aliphatic carbocycles. The maximum Gasteiger partial charge on any atom is 0.317 e. The van der Waals surface area contributed by atoms with Crippen LogP contribution >= 0.6 is 0 Å². The Morgan fingerprint density at radius 1 is 0.815 bits per heavy atom. The lowest BCUT2D eigenvalue weighted by Gasteiger charge is -2.27. The normalized spacial score (nSPS) is 15.6. The Morgan fingerprint density at radius 3 is 2.22 bits per heavy atom. The number of ketones is 1. The molecule has 1 aliphatic rings. The first-order valence-electron chi connectivity index (χ1n) is 9.44. The lowest BCUT2D eigenvalue weighted by molar-refractivity contribution is -0.149. The maximum absolute atomic E-state index is 12.9. The highest BCUT2D eigenvalue weighted by atomic mass is 16.5. The summed E-state index contributed by atoms with van der Waals surface area (Å²) in [6.45, 7) is -0.217. The zero-order valence-electron chi connectivity index (χ0n) is 15.2. The van der Waals surface area contributed by atoms with Gasteiger partial charge >= 0.3 is 5.97 Å². The summed E-state index contributed by atoms with van der Waals surface area (Å²) in [5.41, 5.74) is 0.956. The van der Waals surface area contributed by atoms with E-state index in [1.54, 1.807) is 6.07 Å². The topological polar surface area (TPSA) is 43.4 Å². The highest BCUT2D eigenvalue weighted by molar-refractivity contribution is 6.01. The lowest BCUT2D eigenvalue weighted by atomic mass is 9.79. The molecule has 0 radical (unpaired) electrons. The van der Waals surface area contributed by atoms with Crippen molar-refractivity contribution >= 4 is 22.5 Å². The molecular formula is C24H22O3. The van der Waals surface area contributed by atoms with Crippen molar-refractivity contribution in [3.63, 3.8) is 0 Å². The molecule has 0 aromatic heterocycles. The van der Waals surface area contributed by atoms with Crippen LogP contribution in [-0.2, 0) is 14.9 Å². The van der Waals surface area contributed by atoms with Crippen molar-refractivity contribution in [1.82, 2.24) is 0 Å². The third-order valence-corrected chi connectivity index (χ3v) is 5.58. The number of rotatable bonds is 5. The van der Waals surface area contributed by atoms with E-state index in [1.807, 2.05) is 66.7 Å². The number of fused-ring (bicyclic) bond motifs is 1. The van der Waals surface area contributed by atoms with Crippen molar-refractivity contribution in [2.75, 3.05) is 6.61 Å². The quantitative estimate of drug-likeness (QED) is 0.472. The molecule has 3 aromatic carbocycles. The highest BCUT2D eigenvalue weighted by Gasteiger charge is 2.44. The second kappa shape index (κ2) is 7.36. The van der Waals surface area contributed by atoms with E-state index in [2.05, 4.69) is 0 Å². The molecule has 0 atom stereocenters. The Balaban J connectivity index is 1.49. The third-order valence-electron chi connectivity index (χ3n) is 5.58. The van der Waals surface area contributed by atoms with Crippen molar-refractivity contribution < 1.29 is 14.3 Å². The van der Waals surface area contributed by atoms with Gasteiger partial charge in [-0.1, -0.05) is 79.6 Å². The number of hydrogen-bond acceptors (Lipinski definition) is 3. The van der Waals surface area contributed by atoms with Crippen LogP contribution in [0.25, 0.3) is 10.8 Å². The van der Waals surface area contributed by atoms with E-state index in [4.69, 9.17) is 4.74 Å². The molecule has 1 fully saturated rings. The minimum atomic E-state index is -0.606. The molecule has 0 amide bonds. The number of esters is 1. The molecule has 1 saturated carbocycles. The molecule has 3 heteroatoms. The van der Waals surface area contributed by atoms with Gasteiger partial charge in [0.25, 0.3) is 0 Å². The number of carbonyl (C=O) groups excluding carboxylic acids is 2. The summed E-state index contributed by atoms with van der Waals surface area (Å²) < 4.78 is 5.52.